The lowest BCUT2D eigenvalue weighted by Gasteiger charge is -2.19. The van der Waals surface area contributed by atoms with Crippen LogP contribution in [0.5, 0.6) is 5.75 Å². The Labute approximate surface area is 171 Å². The molecule has 2 aromatic rings. The number of pyridine rings is 1. The molecule has 7 nitrogen and oxygen atoms in total. The number of carbonyl (C=O) groups is 2. The van der Waals surface area contributed by atoms with E-state index in [1.54, 1.807) is 11.8 Å². The fraction of sp³-hybridized carbons (Fsp3) is 0.381. The van der Waals surface area contributed by atoms with Gasteiger partial charge in [-0.05, 0) is 37.1 Å². The second-order valence-corrected chi connectivity index (χ2v) is 7.53. The van der Waals surface area contributed by atoms with Crippen LogP contribution < -0.4 is 4.74 Å². The summed E-state index contributed by atoms with van der Waals surface area (Å²) in [5.41, 5.74) is -0.725. The number of aliphatic hydroxyl groups is 1. The first-order valence-electron chi connectivity index (χ1n) is 9.30. The lowest BCUT2D eigenvalue weighted by atomic mass is 9.95. The number of methoxy groups -OCH3 is 1. The van der Waals surface area contributed by atoms with Gasteiger partial charge in [-0.2, -0.15) is 0 Å². The minimum atomic E-state index is -2.84. The second-order valence-electron chi connectivity index (χ2n) is 7.53. The van der Waals surface area contributed by atoms with Crippen LogP contribution in [0, 0.1) is 0 Å². The topological polar surface area (TPSA) is 100.0 Å². The van der Waals surface area contributed by atoms with Crippen molar-refractivity contribution >= 4 is 11.9 Å². The molecular formula is C21H22F2N2O5. The highest BCUT2D eigenvalue weighted by molar-refractivity contribution is 5.97. The summed E-state index contributed by atoms with van der Waals surface area (Å²) in [7, 11) is 1.33. The van der Waals surface area contributed by atoms with E-state index in [1.165, 1.54) is 25.3 Å². The number of alkyl halides is 2. The number of hydrogen-bond acceptors (Lipinski definition) is 5. The number of aromatic carboxylic acids is 1. The van der Waals surface area contributed by atoms with Gasteiger partial charge in [-0.15, -0.1) is 0 Å². The molecule has 1 saturated heterocycles. The Bertz CT molecular complexity index is 978. The molecule has 2 heterocycles. The number of rotatable bonds is 6. The molecular weight excluding hydrogens is 398 g/mol. The van der Waals surface area contributed by atoms with Gasteiger partial charge < -0.3 is 19.8 Å². The van der Waals surface area contributed by atoms with Crippen molar-refractivity contribution in [2.75, 3.05) is 20.2 Å². The van der Waals surface area contributed by atoms with Crippen LogP contribution in [0.15, 0.2) is 30.5 Å². The Hall–Kier alpha value is -3.07. The number of β-amino-alcohol motifs (C(OH)–C–C–N with tert-alkyl or cyclic N) is 1. The van der Waals surface area contributed by atoms with E-state index in [9.17, 15) is 28.6 Å². The van der Waals surface area contributed by atoms with Crippen LogP contribution in [0.4, 0.5) is 8.78 Å². The van der Waals surface area contributed by atoms with Crippen LogP contribution >= 0.6 is 0 Å². The van der Waals surface area contributed by atoms with E-state index in [-0.39, 0.29) is 41.3 Å². The summed E-state index contributed by atoms with van der Waals surface area (Å²) in [5, 5.41) is 19.6. The van der Waals surface area contributed by atoms with Crippen molar-refractivity contribution in [3.05, 3.63) is 47.3 Å². The quantitative estimate of drug-likeness (QED) is 0.746. The van der Waals surface area contributed by atoms with E-state index < -0.39 is 23.7 Å². The van der Waals surface area contributed by atoms with Crippen molar-refractivity contribution < 1.29 is 33.3 Å². The van der Waals surface area contributed by atoms with E-state index in [0.29, 0.717) is 18.5 Å². The number of amides is 1. The minimum absolute atomic E-state index is 0.0158. The van der Waals surface area contributed by atoms with Crippen molar-refractivity contribution in [1.29, 1.82) is 0 Å². The largest absolute Gasteiger partial charge is 0.494 e. The van der Waals surface area contributed by atoms with Crippen LogP contribution in [0.3, 0.4) is 0 Å². The number of halogens is 2. The van der Waals surface area contributed by atoms with Crippen LogP contribution in [0.25, 0.3) is 11.1 Å². The zero-order valence-electron chi connectivity index (χ0n) is 16.6. The average molecular weight is 420 g/mol. The highest BCUT2D eigenvalue weighted by Gasteiger charge is 2.33. The molecule has 1 aliphatic heterocycles. The van der Waals surface area contributed by atoms with Crippen molar-refractivity contribution in [1.82, 2.24) is 9.88 Å². The number of likely N-dealkylation sites (tertiary alicyclic amines) is 1. The fourth-order valence-corrected chi connectivity index (χ4v) is 3.51. The van der Waals surface area contributed by atoms with Gasteiger partial charge in [-0.3, -0.25) is 9.78 Å². The number of carboxylic acid groups (broad SMARTS) is 1. The average Bonchev–Trinajstić information content (AvgIpc) is 3.07. The number of benzene rings is 1. The van der Waals surface area contributed by atoms with Gasteiger partial charge in [0.2, 0.25) is 5.91 Å². The summed E-state index contributed by atoms with van der Waals surface area (Å²) in [6.45, 7) is 2.32. The highest BCUT2D eigenvalue weighted by Crippen LogP contribution is 2.35. The number of carboxylic acids is 1. The third-order valence-corrected chi connectivity index (χ3v) is 5.10. The van der Waals surface area contributed by atoms with Gasteiger partial charge in [0, 0.05) is 24.2 Å². The van der Waals surface area contributed by atoms with Crippen molar-refractivity contribution in [2.45, 2.75) is 31.8 Å². The summed E-state index contributed by atoms with van der Waals surface area (Å²) in [5.74, 6) is -1.31. The summed E-state index contributed by atoms with van der Waals surface area (Å²) in [6, 6.07) is 5.43. The predicted octanol–water partition coefficient (Wildman–Crippen LogP) is 2.92. The number of nitrogens with zero attached hydrogens (tertiary/aromatic N) is 2. The Kier molecular flexibility index (Phi) is 6.02. The maximum atomic E-state index is 13.2. The molecule has 1 atom stereocenters. The molecule has 0 radical (unpaired) electrons. The molecule has 0 aliphatic carbocycles. The zero-order valence-corrected chi connectivity index (χ0v) is 16.6. The Morgan fingerprint density at radius 2 is 2.03 bits per heavy atom. The Morgan fingerprint density at radius 3 is 2.60 bits per heavy atom. The third-order valence-electron chi connectivity index (χ3n) is 5.10. The third kappa shape index (κ3) is 4.56. The van der Waals surface area contributed by atoms with Gasteiger partial charge in [0.05, 0.1) is 30.9 Å². The molecule has 0 saturated carbocycles. The highest BCUT2D eigenvalue weighted by atomic mass is 19.3. The van der Waals surface area contributed by atoms with E-state index in [0.717, 1.165) is 12.3 Å². The van der Waals surface area contributed by atoms with Gasteiger partial charge in [0.15, 0.2) is 0 Å². The molecule has 1 unspecified atom stereocenters. The number of carbonyl (C=O) groups excluding carboxylic acids is 1. The molecule has 160 valence electrons. The molecule has 1 aliphatic rings. The first kappa shape index (κ1) is 21.6. The van der Waals surface area contributed by atoms with E-state index in [2.05, 4.69) is 4.98 Å². The molecule has 1 fully saturated rings. The summed E-state index contributed by atoms with van der Waals surface area (Å²) >= 11 is 0. The first-order valence-corrected chi connectivity index (χ1v) is 9.30. The van der Waals surface area contributed by atoms with Gasteiger partial charge in [-0.25, -0.2) is 13.6 Å². The standard InChI is InChI=1S/C21H22F2N2O5/c1-21(29)5-6-25(11-21)18(26)8-12-3-4-13(20(27)28)14(7-12)15-9-16(19(22)23)24-10-17(15)30-2/h3-4,7,9-10,19,29H,5-6,8,11H2,1-2H3,(H,27,28). The number of hydrogen-bond donors (Lipinski definition) is 2. The van der Waals surface area contributed by atoms with Gasteiger partial charge in [-0.1, -0.05) is 6.07 Å². The maximum Gasteiger partial charge on any atom is 0.336 e. The first-order chi connectivity index (χ1) is 14.1. The van der Waals surface area contributed by atoms with E-state index in [1.807, 2.05) is 0 Å². The molecule has 1 aromatic carbocycles. The molecule has 1 aromatic heterocycles. The van der Waals surface area contributed by atoms with Gasteiger partial charge in [0.1, 0.15) is 11.4 Å². The van der Waals surface area contributed by atoms with Crippen molar-refractivity contribution in [3.63, 3.8) is 0 Å². The van der Waals surface area contributed by atoms with Crippen molar-refractivity contribution in [2.24, 2.45) is 0 Å². The smallest absolute Gasteiger partial charge is 0.336 e. The lowest BCUT2D eigenvalue weighted by molar-refractivity contribution is -0.130. The monoisotopic (exact) mass is 420 g/mol. The molecule has 3 rings (SSSR count). The van der Waals surface area contributed by atoms with Crippen LogP contribution in [-0.4, -0.2) is 57.8 Å². The second kappa shape index (κ2) is 8.35. The lowest BCUT2D eigenvalue weighted by Crippen LogP contribution is -2.34. The number of ether oxygens (including phenoxy) is 1. The fourth-order valence-electron chi connectivity index (χ4n) is 3.51. The van der Waals surface area contributed by atoms with E-state index >= 15 is 0 Å². The van der Waals surface area contributed by atoms with Crippen LogP contribution in [0.1, 0.15) is 41.4 Å². The van der Waals surface area contributed by atoms with Crippen molar-refractivity contribution in [3.8, 4) is 16.9 Å². The van der Waals surface area contributed by atoms with Crippen LogP contribution in [0.2, 0.25) is 0 Å². The minimum Gasteiger partial charge on any atom is -0.494 e. The SMILES string of the molecule is COc1cnc(C(F)F)cc1-c1cc(CC(=O)N2CCC(C)(O)C2)ccc1C(=O)O. The number of aromatic nitrogens is 1. The van der Waals surface area contributed by atoms with E-state index in [4.69, 9.17) is 4.74 Å². The Morgan fingerprint density at radius 1 is 1.30 bits per heavy atom. The summed E-state index contributed by atoms with van der Waals surface area (Å²) in [6.07, 6.45) is -1.26. The molecule has 2 N–H and O–H groups in total. The zero-order chi connectivity index (χ0) is 22.1. The van der Waals surface area contributed by atoms with Gasteiger partial charge in [0.25, 0.3) is 6.43 Å². The molecule has 0 bridgehead atoms. The normalized spacial score (nSPS) is 18.7. The summed E-state index contributed by atoms with van der Waals surface area (Å²) < 4.78 is 31.5. The Balaban J connectivity index is 1.99. The van der Waals surface area contributed by atoms with Crippen LogP contribution in [-0.2, 0) is 11.2 Å². The molecule has 0 spiro atoms. The summed E-state index contributed by atoms with van der Waals surface area (Å²) in [4.78, 5) is 29.5. The molecule has 30 heavy (non-hydrogen) atoms. The molecule has 1 amide bonds. The maximum absolute atomic E-state index is 13.2. The predicted molar refractivity (Wildman–Crippen MR) is 104 cm³/mol. The van der Waals surface area contributed by atoms with Gasteiger partial charge >= 0.3 is 5.97 Å². The molecule has 9 heteroatoms.